The van der Waals surface area contributed by atoms with Crippen molar-refractivity contribution in [1.82, 2.24) is 0 Å². The van der Waals surface area contributed by atoms with Crippen molar-refractivity contribution in [1.29, 1.82) is 0 Å². The molecule has 102 valence electrons. The van der Waals surface area contributed by atoms with Crippen LogP contribution in [0.25, 0.3) is 6.08 Å². The van der Waals surface area contributed by atoms with E-state index >= 15 is 0 Å². The van der Waals surface area contributed by atoms with E-state index in [1.807, 2.05) is 19.1 Å². The molecule has 0 N–H and O–H groups in total. The summed E-state index contributed by atoms with van der Waals surface area (Å²) in [5, 5.41) is 0. The van der Waals surface area contributed by atoms with Crippen molar-refractivity contribution in [2.24, 2.45) is 11.8 Å². The normalized spacial score (nSPS) is 19.1. The molecule has 0 unspecified atom stereocenters. The van der Waals surface area contributed by atoms with Crippen molar-refractivity contribution in [3.8, 4) is 5.75 Å². The van der Waals surface area contributed by atoms with E-state index in [0.717, 1.165) is 23.8 Å². The highest BCUT2D eigenvalue weighted by molar-refractivity contribution is 5.56. The van der Waals surface area contributed by atoms with Gasteiger partial charge in [0, 0.05) is 0 Å². The van der Waals surface area contributed by atoms with Crippen LogP contribution in [0.4, 0.5) is 4.39 Å². The van der Waals surface area contributed by atoms with E-state index in [2.05, 4.69) is 6.08 Å². The molecule has 0 radical (unpaired) electrons. The Bertz CT molecular complexity index is 484. The molecule has 1 nitrogen and oxygen atoms in total. The zero-order valence-electron chi connectivity index (χ0n) is 11.5. The van der Waals surface area contributed by atoms with Gasteiger partial charge in [0.1, 0.15) is 0 Å². The van der Waals surface area contributed by atoms with Gasteiger partial charge in [0.15, 0.2) is 11.6 Å². The van der Waals surface area contributed by atoms with Crippen molar-refractivity contribution in [3.05, 3.63) is 35.2 Å². The molecule has 2 aliphatic carbocycles. The minimum Gasteiger partial charge on any atom is -0.490 e. The Morgan fingerprint density at radius 2 is 2.05 bits per heavy atom. The van der Waals surface area contributed by atoms with E-state index in [1.165, 1.54) is 25.7 Å². The zero-order valence-corrected chi connectivity index (χ0v) is 11.5. The van der Waals surface area contributed by atoms with Gasteiger partial charge in [-0.05, 0) is 55.2 Å². The standard InChI is InChI=1S/C17H21FO/c1-12-15(7-6-13-2-3-13)8-9-16(17(12)18)19-11-10-14-4-5-14/h6-9,13-14H,2-5,10-11H2,1H3/b7-6+. The lowest BCUT2D eigenvalue weighted by Crippen LogP contribution is -2.01. The van der Waals surface area contributed by atoms with Gasteiger partial charge in [-0.25, -0.2) is 4.39 Å². The first-order valence-electron chi connectivity index (χ1n) is 7.34. The van der Waals surface area contributed by atoms with E-state index < -0.39 is 0 Å². The maximum atomic E-state index is 14.2. The predicted molar refractivity (Wildman–Crippen MR) is 75.7 cm³/mol. The molecule has 0 amide bonds. The molecule has 0 aromatic heterocycles. The Balaban J connectivity index is 1.65. The van der Waals surface area contributed by atoms with E-state index in [9.17, 15) is 4.39 Å². The van der Waals surface area contributed by atoms with Crippen LogP contribution in [-0.2, 0) is 0 Å². The highest BCUT2D eigenvalue weighted by atomic mass is 19.1. The number of benzene rings is 1. The third kappa shape index (κ3) is 3.37. The summed E-state index contributed by atoms with van der Waals surface area (Å²) in [5.41, 5.74) is 1.67. The Hall–Kier alpha value is -1.31. The summed E-state index contributed by atoms with van der Waals surface area (Å²) in [7, 11) is 0. The Morgan fingerprint density at radius 3 is 2.74 bits per heavy atom. The number of hydrogen-bond acceptors (Lipinski definition) is 1. The molecule has 1 aromatic rings. The molecule has 2 saturated carbocycles. The maximum absolute atomic E-state index is 14.2. The van der Waals surface area contributed by atoms with Crippen molar-refractivity contribution in [3.63, 3.8) is 0 Å². The monoisotopic (exact) mass is 260 g/mol. The van der Waals surface area contributed by atoms with Crippen molar-refractivity contribution >= 4 is 6.08 Å². The lowest BCUT2D eigenvalue weighted by atomic mass is 10.1. The van der Waals surface area contributed by atoms with Crippen LogP contribution in [0.15, 0.2) is 18.2 Å². The molecule has 2 aliphatic rings. The average molecular weight is 260 g/mol. The molecule has 0 heterocycles. The van der Waals surface area contributed by atoms with Gasteiger partial charge in [-0.3, -0.25) is 0 Å². The van der Waals surface area contributed by atoms with Gasteiger partial charge in [0.25, 0.3) is 0 Å². The summed E-state index contributed by atoms with van der Waals surface area (Å²) in [6.07, 6.45) is 10.5. The average Bonchev–Trinajstić information content (AvgIpc) is 3.26. The molecule has 0 saturated heterocycles. The largest absolute Gasteiger partial charge is 0.490 e. The lowest BCUT2D eigenvalue weighted by Gasteiger charge is -2.10. The molecular formula is C17H21FO. The number of halogens is 1. The molecule has 3 rings (SSSR count). The van der Waals surface area contributed by atoms with Crippen molar-refractivity contribution < 1.29 is 9.13 Å². The highest BCUT2D eigenvalue weighted by Gasteiger charge is 2.21. The number of ether oxygens (including phenoxy) is 1. The number of hydrogen-bond donors (Lipinski definition) is 0. The fourth-order valence-corrected chi connectivity index (χ4v) is 2.24. The highest BCUT2D eigenvalue weighted by Crippen LogP contribution is 2.33. The van der Waals surface area contributed by atoms with Crippen molar-refractivity contribution in [2.45, 2.75) is 39.0 Å². The Kier molecular flexibility index (Phi) is 3.58. The zero-order chi connectivity index (χ0) is 13.2. The SMILES string of the molecule is Cc1c(/C=C/C2CC2)ccc(OCCC2CC2)c1F. The van der Waals surface area contributed by atoms with Crippen LogP contribution in [0.5, 0.6) is 5.75 Å². The van der Waals surface area contributed by atoms with Gasteiger partial charge in [0.05, 0.1) is 6.61 Å². The van der Waals surface area contributed by atoms with Gasteiger partial charge < -0.3 is 4.74 Å². The third-order valence-corrected chi connectivity index (χ3v) is 4.04. The van der Waals surface area contributed by atoms with Gasteiger partial charge in [-0.2, -0.15) is 0 Å². The summed E-state index contributed by atoms with van der Waals surface area (Å²) < 4.78 is 19.7. The quantitative estimate of drug-likeness (QED) is 0.718. The van der Waals surface area contributed by atoms with Gasteiger partial charge in [0.2, 0.25) is 0 Å². The number of rotatable bonds is 6. The van der Waals surface area contributed by atoms with Crippen LogP contribution < -0.4 is 4.74 Å². The van der Waals surface area contributed by atoms with E-state index in [0.29, 0.717) is 17.9 Å². The van der Waals surface area contributed by atoms with Crippen LogP contribution in [0.1, 0.15) is 43.2 Å². The van der Waals surface area contributed by atoms with Gasteiger partial charge >= 0.3 is 0 Å². The first-order valence-corrected chi connectivity index (χ1v) is 7.34. The molecule has 19 heavy (non-hydrogen) atoms. The van der Waals surface area contributed by atoms with E-state index in [1.54, 1.807) is 6.07 Å². The van der Waals surface area contributed by atoms with Crippen LogP contribution in [-0.4, -0.2) is 6.61 Å². The number of allylic oxidation sites excluding steroid dienone is 1. The summed E-state index contributed by atoms with van der Waals surface area (Å²) in [5.74, 6) is 1.75. The fraction of sp³-hybridized carbons (Fsp3) is 0.529. The first-order chi connectivity index (χ1) is 9.24. The second-order valence-corrected chi connectivity index (χ2v) is 5.87. The van der Waals surface area contributed by atoms with Crippen LogP contribution in [0.2, 0.25) is 0 Å². The topological polar surface area (TPSA) is 9.23 Å². The summed E-state index contributed by atoms with van der Waals surface area (Å²) in [6, 6.07) is 3.73. The fourth-order valence-electron chi connectivity index (χ4n) is 2.24. The summed E-state index contributed by atoms with van der Waals surface area (Å²) >= 11 is 0. The third-order valence-electron chi connectivity index (χ3n) is 4.04. The van der Waals surface area contributed by atoms with Crippen LogP contribution >= 0.6 is 0 Å². The smallest absolute Gasteiger partial charge is 0.168 e. The second kappa shape index (κ2) is 5.36. The van der Waals surface area contributed by atoms with Gasteiger partial charge in [-0.15, -0.1) is 0 Å². The molecule has 0 spiro atoms. The maximum Gasteiger partial charge on any atom is 0.168 e. The van der Waals surface area contributed by atoms with E-state index in [4.69, 9.17) is 4.74 Å². The Morgan fingerprint density at radius 1 is 1.26 bits per heavy atom. The van der Waals surface area contributed by atoms with Crippen LogP contribution in [0.3, 0.4) is 0 Å². The van der Waals surface area contributed by atoms with E-state index in [-0.39, 0.29) is 5.82 Å². The molecule has 0 bridgehead atoms. The molecular weight excluding hydrogens is 239 g/mol. The van der Waals surface area contributed by atoms with Crippen molar-refractivity contribution in [2.75, 3.05) is 6.61 Å². The minimum atomic E-state index is -0.200. The lowest BCUT2D eigenvalue weighted by molar-refractivity contribution is 0.287. The Labute approximate surface area is 114 Å². The first kappa shape index (κ1) is 12.7. The van der Waals surface area contributed by atoms with Crippen LogP contribution in [0, 0.1) is 24.6 Å². The molecule has 2 heteroatoms. The summed E-state index contributed by atoms with van der Waals surface area (Å²) in [6.45, 7) is 2.47. The predicted octanol–water partition coefficient (Wildman–Crippen LogP) is 4.74. The minimum absolute atomic E-state index is 0.200. The molecule has 0 aliphatic heterocycles. The van der Waals surface area contributed by atoms with Gasteiger partial charge in [-0.1, -0.05) is 31.1 Å². The molecule has 2 fully saturated rings. The molecule has 1 aromatic carbocycles. The second-order valence-electron chi connectivity index (χ2n) is 5.87. The molecule has 0 atom stereocenters. The summed E-state index contributed by atoms with van der Waals surface area (Å²) in [4.78, 5) is 0.